The number of carbonyl (C=O) groups is 4. The number of carbonyl (C=O) groups excluding carboxylic acids is 4. The smallest absolute Gasteiger partial charge is 0.260 e. The molecular weight excluding hydrogens is 422 g/mol. The lowest BCUT2D eigenvalue weighted by atomic mass is 9.81. The molecule has 1 aliphatic carbocycles. The van der Waals surface area contributed by atoms with Gasteiger partial charge in [-0.3, -0.25) is 24.1 Å². The summed E-state index contributed by atoms with van der Waals surface area (Å²) >= 11 is 6.22. The molecule has 1 aliphatic heterocycles. The molecule has 1 heterocycles. The third kappa shape index (κ3) is 5.18. The van der Waals surface area contributed by atoms with Crippen LogP contribution in [0.2, 0.25) is 5.02 Å². The van der Waals surface area contributed by atoms with Gasteiger partial charge in [0.15, 0.2) is 6.61 Å². The largest absolute Gasteiger partial charge is 0.482 e. The van der Waals surface area contributed by atoms with E-state index in [2.05, 4.69) is 5.32 Å². The van der Waals surface area contributed by atoms with E-state index in [0.29, 0.717) is 37.4 Å². The number of nitrogens with zero attached hydrogens (tertiary/aromatic N) is 2. The predicted molar refractivity (Wildman–Crippen MR) is 116 cm³/mol. The molecule has 2 unspecified atom stereocenters. The maximum absolute atomic E-state index is 12.5. The van der Waals surface area contributed by atoms with Gasteiger partial charge in [0.05, 0.1) is 16.9 Å². The first kappa shape index (κ1) is 23.1. The Hall–Kier alpha value is -2.61. The van der Waals surface area contributed by atoms with Gasteiger partial charge in [-0.05, 0) is 44.9 Å². The van der Waals surface area contributed by atoms with E-state index in [-0.39, 0.29) is 47.7 Å². The highest BCUT2D eigenvalue weighted by atomic mass is 35.5. The molecule has 2 aliphatic rings. The second-order valence-electron chi connectivity index (χ2n) is 7.81. The molecule has 9 heteroatoms. The Morgan fingerprint density at radius 1 is 1.13 bits per heavy atom. The number of halogens is 1. The minimum absolute atomic E-state index is 0.130. The number of rotatable bonds is 8. The van der Waals surface area contributed by atoms with Crippen LogP contribution >= 0.6 is 11.6 Å². The molecule has 0 bridgehead atoms. The number of ether oxygens (including phenoxy) is 1. The highest BCUT2D eigenvalue weighted by molar-refractivity contribution is 6.32. The molecule has 0 aromatic heterocycles. The molecule has 1 saturated carbocycles. The number of anilines is 1. The van der Waals surface area contributed by atoms with Gasteiger partial charge in [0.2, 0.25) is 17.7 Å². The minimum atomic E-state index is -0.471. The Labute approximate surface area is 186 Å². The second-order valence-corrected chi connectivity index (χ2v) is 8.22. The first-order chi connectivity index (χ1) is 14.8. The lowest BCUT2D eigenvalue weighted by Gasteiger charge is -2.19. The maximum Gasteiger partial charge on any atom is 0.260 e. The van der Waals surface area contributed by atoms with Crippen LogP contribution in [0.1, 0.15) is 39.5 Å². The van der Waals surface area contributed by atoms with E-state index in [1.165, 1.54) is 6.07 Å². The van der Waals surface area contributed by atoms with Crippen LogP contribution in [0.3, 0.4) is 0 Å². The summed E-state index contributed by atoms with van der Waals surface area (Å²) in [6.45, 7) is 4.54. The number of imide groups is 1. The van der Waals surface area contributed by atoms with E-state index in [0.717, 1.165) is 17.7 Å². The van der Waals surface area contributed by atoms with Crippen LogP contribution < -0.4 is 10.1 Å². The van der Waals surface area contributed by atoms with Crippen LogP contribution in [0, 0.1) is 11.8 Å². The zero-order valence-electron chi connectivity index (χ0n) is 17.9. The van der Waals surface area contributed by atoms with Gasteiger partial charge in [-0.1, -0.05) is 24.4 Å². The van der Waals surface area contributed by atoms with Crippen molar-refractivity contribution < 1.29 is 23.9 Å². The van der Waals surface area contributed by atoms with Crippen molar-refractivity contribution in [3.8, 4) is 5.75 Å². The molecule has 0 spiro atoms. The van der Waals surface area contributed by atoms with Crippen molar-refractivity contribution in [2.24, 2.45) is 11.8 Å². The van der Waals surface area contributed by atoms with E-state index in [4.69, 9.17) is 16.3 Å². The Morgan fingerprint density at radius 2 is 1.74 bits per heavy atom. The molecule has 2 atom stereocenters. The molecule has 1 N–H and O–H groups in total. The summed E-state index contributed by atoms with van der Waals surface area (Å²) in [6, 6.07) is 4.66. The van der Waals surface area contributed by atoms with Crippen LogP contribution in [0.15, 0.2) is 18.2 Å². The zero-order chi connectivity index (χ0) is 22.5. The molecule has 0 radical (unpaired) electrons. The molecule has 2 fully saturated rings. The van der Waals surface area contributed by atoms with Crippen LogP contribution in [-0.2, 0) is 19.2 Å². The van der Waals surface area contributed by atoms with Crippen LogP contribution in [0.25, 0.3) is 0 Å². The van der Waals surface area contributed by atoms with Gasteiger partial charge < -0.3 is 15.0 Å². The van der Waals surface area contributed by atoms with Gasteiger partial charge in [-0.15, -0.1) is 0 Å². The molecule has 31 heavy (non-hydrogen) atoms. The number of likely N-dealkylation sites (N-methyl/N-ethyl adjacent to an activating group) is 1. The van der Waals surface area contributed by atoms with E-state index in [1.807, 2.05) is 13.8 Å². The average Bonchev–Trinajstić information content (AvgIpc) is 2.99. The first-order valence-electron chi connectivity index (χ1n) is 10.7. The quantitative estimate of drug-likeness (QED) is 0.615. The van der Waals surface area contributed by atoms with Crippen molar-refractivity contribution >= 4 is 40.9 Å². The molecule has 1 aromatic carbocycles. The van der Waals surface area contributed by atoms with Crippen LogP contribution in [-0.4, -0.2) is 59.7 Å². The lowest BCUT2D eigenvalue weighted by Crippen LogP contribution is -2.38. The van der Waals surface area contributed by atoms with Gasteiger partial charge in [-0.25, -0.2) is 0 Å². The predicted octanol–water partition coefficient (Wildman–Crippen LogP) is 2.70. The Balaban J connectivity index is 1.56. The molecule has 1 aromatic rings. The van der Waals surface area contributed by atoms with E-state index in [1.54, 1.807) is 17.0 Å². The highest BCUT2D eigenvalue weighted by Gasteiger charge is 2.48. The third-order valence-electron chi connectivity index (χ3n) is 5.92. The van der Waals surface area contributed by atoms with Crippen LogP contribution in [0.4, 0.5) is 5.69 Å². The minimum Gasteiger partial charge on any atom is -0.482 e. The van der Waals surface area contributed by atoms with Crippen molar-refractivity contribution in [2.45, 2.75) is 39.5 Å². The molecule has 168 valence electrons. The number of benzene rings is 1. The van der Waals surface area contributed by atoms with Gasteiger partial charge in [0.25, 0.3) is 5.91 Å². The number of hydrogen-bond donors (Lipinski definition) is 1. The maximum atomic E-state index is 12.5. The number of nitrogens with one attached hydrogen (secondary N) is 1. The summed E-state index contributed by atoms with van der Waals surface area (Å²) in [5, 5.41) is 2.90. The van der Waals surface area contributed by atoms with Gasteiger partial charge in [0, 0.05) is 18.8 Å². The van der Waals surface area contributed by atoms with Crippen molar-refractivity contribution in [2.75, 3.05) is 31.6 Å². The van der Waals surface area contributed by atoms with Gasteiger partial charge in [0.1, 0.15) is 12.3 Å². The second kappa shape index (κ2) is 10.1. The summed E-state index contributed by atoms with van der Waals surface area (Å²) in [5.41, 5.74) is 0.411. The number of fused-ring (bicyclic) bond motifs is 1. The summed E-state index contributed by atoms with van der Waals surface area (Å²) in [4.78, 5) is 52.2. The number of amides is 4. The van der Waals surface area contributed by atoms with Crippen molar-refractivity contribution in [3.63, 3.8) is 0 Å². The lowest BCUT2D eigenvalue weighted by molar-refractivity contribution is -0.142. The molecule has 1 saturated heterocycles. The van der Waals surface area contributed by atoms with Crippen molar-refractivity contribution in [1.29, 1.82) is 0 Å². The van der Waals surface area contributed by atoms with Crippen molar-refractivity contribution in [3.05, 3.63) is 23.2 Å². The molecule has 8 nitrogen and oxygen atoms in total. The summed E-state index contributed by atoms with van der Waals surface area (Å²) in [7, 11) is 0. The number of hydrogen-bond acceptors (Lipinski definition) is 5. The third-order valence-corrected chi connectivity index (χ3v) is 6.21. The SMILES string of the molecule is CCN(CC)C(=O)COc1ccc(NC(=O)CN2C(=O)C3CCCCC3C2=O)cc1Cl. The Kier molecular flexibility index (Phi) is 7.54. The fourth-order valence-electron chi connectivity index (χ4n) is 4.23. The molecule has 3 rings (SSSR count). The Bertz CT molecular complexity index is 847. The molecule has 4 amide bonds. The highest BCUT2D eigenvalue weighted by Crippen LogP contribution is 2.38. The molecular formula is C22H28ClN3O5. The average molecular weight is 450 g/mol. The van der Waals surface area contributed by atoms with E-state index >= 15 is 0 Å². The topological polar surface area (TPSA) is 96.0 Å². The van der Waals surface area contributed by atoms with Gasteiger partial charge >= 0.3 is 0 Å². The Morgan fingerprint density at radius 3 is 2.29 bits per heavy atom. The van der Waals surface area contributed by atoms with E-state index < -0.39 is 5.91 Å². The van der Waals surface area contributed by atoms with Crippen molar-refractivity contribution in [1.82, 2.24) is 9.80 Å². The number of likely N-dealkylation sites (tertiary alicyclic amines) is 1. The van der Waals surface area contributed by atoms with Gasteiger partial charge in [-0.2, -0.15) is 0 Å². The monoisotopic (exact) mass is 449 g/mol. The summed E-state index contributed by atoms with van der Waals surface area (Å²) in [6.07, 6.45) is 3.30. The summed E-state index contributed by atoms with van der Waals surface area (Å²) < 4.78 is 5.50. The standard InChI is InChI=1S/C22H28ClN3O5/c1-3-25(4-2)20(28)13-31-18-10-9-14(11-17(18)23)24-19(27)12-26-21(29)15-7-5-6-8-16(15)22(26)30/h9-11,15-16H,3-8,12-13H2,1-2H3,(H,24,27). The van der Waals surface area contributed by atoms with E-state index in [9.17, 15) is 19.2 Å². The first-order valence-corrected chi connectivity index (χ1v) is 11.1. The van der Waals surface area contributed by atoms with Crippen LogP contribution in [0.5, 0.6) is 5.75 Å². The summed E-state index contributed by atoms with van der Waals surface area (Å²) in [5.74, 6) is -1.33. The normalized spacial score (nSPS) is 20.4. The zero-order valence-corrected chi connectivity index (χ0v) is 18.6. The fraction of sp³-hybridized carbons (Fsp3) is 0.545. The fourth-order valence-corrected chi connectivity index (χ4v) is 4.47.